The summed E-state index contributed by atoms with van der Waals surface area (Å²) >= 11 is 0. The van der Waals surface area contributed by atoms with Gasteiger partial charge in [0.05, 0.1) is 18.2 Å². The Morgan fingerprint density at radius 3 is 3.00 bits per heavy atom. The van der Waals surface area contributed by atoms with Crippen molar-refractivity contribution in [3.05, 3.63) is 23.5 Å². The molecule has 1 aromatic rings. The minimum Gasteiger partial charge on any atom is -0.394 e. The van der Waals surface area contributed by atoms with Gasteiger partial charge in [0, 0.05) is 11.9 Å². The van der Waals surface area contributed by atoms with Crippen molar-refractivity contribution >= 4 is 0 Å². The molecule has 0 bridgehead atoms. The second kappa shape index (κ2) is 3.19. The first-order valence-electron chi connectivity index (χ1n) is 3.22. The zero-order valence-electron chi connectivity index (χ0n) is 5.91. The normalized spacial score (nSPS) is 12.5. The Kier molecular flexibility index (Phi) is 2.26. The molecule has 0 radical (unpaired) electrons. The number of nitrogens with one attached hydrogen (secondary N) is 1. The summed E-state index contributed by atoms with van der Waals surface area (Å²) in [5.74, 6) is 0. The molecule has 0 saturated carbocycles. The van der Waals surface area contributed by atoms with Gasteiger partial charge >= 0.3 is 0 Å². The molecule has 11 heavy (non-hydrogen) atoms. The van der Waals surface area contributed by atoms with Gasteiger partial charge < -0.3 is 15.8 Å². The van der Waals surface area contributed by atoms with Gasteiger partial charge in [-0.3, -0.25) is 0 Å². The van der Waals surface area contributed by atoms with Crippen LogP contribution in [-0.4, -0.2) is 16.7 Å². The lowest BCUT2D eigenvalue weighted by atomic mass is 10.2. The Balaban J connectivity index is 2.82. The van der Waals surface area contributed by atoms with Crippen LogP contribution < -0.4 is 5.73 Å². The maximum atomic E-state index is 8.64. The summed E-state index contributed by atoms with van der Waals surface area (Å²) in [7, 11) is 0. The molecule has 1 rings (SSSR count). The van der Waals surface area contributed by atoms with Crippen molar-refractivity contribution in [1.29, 1.82) is 5.26 Å². The highest BCUT2D eigenvalue weighted by atomic mass is 16.3. The maximum Gasteiger partial charge on any atom is 0.101 e. The Morgan fingerprint density at radius 2 is 2.55 bits per heavy atom. The predicted octanol–water partition coefficient (Wildman–Crippen LogP) is -0.122. The fourth-order valence-electron chi connectivity index (χ4n) is 0.789. The molecule has 0 amide bonds. The average Bonchev–Trinajstić information content (AvgIpc) is 2.50. The summed E-state index contributed by atoms with van der Waals surface area (Å²) in [4.78, 5) is 2.80. The van der Waals surface area contributed by atoms with Crippen LogP contribution in [0.3, 0.4) is 0 Å². The lowest BCUT2D eigenvalue weighted by molar-refractivity contribution is 0.266. The molecule has 0 saturated heterocycles. The minimum atomic E-state index is -0.419. The van der Waals surface area contributed by atoms with Gasteiger partial charge in [0.2, 0.25) is 0 Å². The third-order valence-electron chi connectivity index (χ3n) is 1.43. The van der Waals surface area contributed by atoms with Crippen LogP contribution in [0.4, 0.5) is 0 Å². The molecule has 0 unspecified atom stereocenters. The lowest BCUT2D eigenvalue weighted by Crippen LogP contribution is -2.14. The van der Waals surface area contributed by atoms with Gasteiger partial charge in [0.1, 0.15) is 6.07 Å². The van der Waals surface area contributed by atoms with Crippen molar-refractivity contribution in [3.8, 4) is 6.07 Å². The van der Waals surface area contributed by atoms with Gasteiger partial charge in [0.25, 0.3) is 0 Å². The first kappa shape index (κ1) is 7.79. The molecule has 58 valence electrons. The van der Waals surface area contributed by atoms with Crippen LogP contribution in [0.25, 0.3) is 0 Å². The third-order valence-corrected chi connectivity index (χ3v) is 1.43. The van der Waals surface area contributed by atoms with Crippen LogP contribution in [0.5, 0.6) is 0 Å². The van der Waals surface area contributed by atoms with Gasteiger partial charge in [-0.1, -0.05) is 0 Å². The monoisotopic (exact) mass is 151 g/mol. The summed E-state index contributed by atoms with van der Waals surface area (Å²) in [6.45, 7) is -0.120. The molecular formula is C7H9N3O. The standard InChI is InChI=1S/C7H9N3O/c8-2-5-1-7(10-3-5)6(9)4-11/h1,3,6,10-11H,4,9H2/t6-/m1/s1. The van der Waals surface area contributed by atoms with Crippen LogP contribution in [-0.2, 0) is 0 Å². The predicted molar refractivity (Wildman–Crippen MR) is 39.5 cm³/mol. The van der Waals surface area contributed by atoms with E-state index in [4.69, 9.17) is 16.1 Å². The molecule has 1 aromatic heterocycles. The zero-order chi connectivity index (χ0) is 8.27. The van der Waals surface area contributed by atoms with Crippen molar-refractivity contribution < 1.29 is 5.11 Å². The van der Waals surface area contributed by atoms with E-state index in [-0.39, 0.29) is 6.61 Å². The first-order chi connectivity index (χ1) is 5.27. The first-order valence-corrected chi connectivity index (χ1v) is 3.22. The van der Waals surface area contributed by atoms with E-state index < -0.39 is 6.04 Å². The van der Waals surface area contributed by atoms with E-state index in [0.29, 0.717) is 11.3 Å². The minimum absolute atomic E-state index is 0.120. The lowest BCUT2D eigenvalue weighted by Gasteiger charge is -2.02. The molecule has 4 nitrogen and oxygen atoms in total. The van der Waals surface area contributed by atoms with E-state index in [0.717, 1.165) is 0 Å². The van der Waals surface area contributed by atoms with Crippen molar-refractivity contribution in [2.24, 2.45) is 5.73 Å². The Morgan fingerprint density at radius 1 is 1.82 bits per heavy atom. The fraction of sp³-hybridized carbons (Fsp3) is 0.286. The van der Waals surface area contributed by atoms with Gasteiger partial charge in [0.15, 0.2) is 0 Å². The van der Waals surface area contributed by atoms with Crippen LogP contribution >= 0.6 is 0 Å². The summed E-state index contributed by atoms with van der Waals surface area (Å²) in [6.07, 6.45) is 1.56. The summed E-state index contributed by atoms with van der Waals surface area (Å²) in [6, 6.07) is 3.16. The number of hydrogen-bond donors (Lipinski definition) is 3. The number of aromatic nitrogens is 1. The van der Waals surface area contributed by atoms with Crippen molar-refractivity contribution in [2.75, 3.05) is 6.61 Å². The van der Waals surface area contributed by atoms with Crippen LogP contribution in [0.15, 0.2) is 12.3 Å². The number of nitriles is 1. The highest BCUT2D eigenvalue weighted by molar-refractivity contribution is 5.30. The summed E-state index contributed by atoms with van der Waals surface area (Å²) in [5, 5.41) is 17.1. The number of aliphatic hydroxyl groups excluding tert-OH is 1. The summed E-state index contributed by atoms with van der Waals surface area (Å²) in [5.41, 5.74) is 6.69. The highest BCUT2D eigenvalue weighted by Gasteiger charge is 2.05. The SMILES string of the molecule is N#Cc1c[nH]c([C@H](N)CO)c1. The van der Waals surface area contributed by atoms with Gasteiger partial charge in [-0.2, -0.15) is 5.26 Å². The molecule has 0 spiro atoms. The quantitative estimate of drug-likeness (QED) is 0.550. The Bertz CT molecular complexity index is 273. The zero-order valence-corrected chi connectivity index (χ0v) is 5.91. The molecule has 1 heterocycles. The molecule has 0 aliphatic heterocycles. The largest absolute Gasteiger partial charge is 0.394 e. The molecule has 0 aromatic carbocycles. The van der Waals surface area contributed by atoms with E-state index in [1.807, 2.05) is 6.07 Å². The smallest absolute Gasteiger partial charge is 0.101 e. The second-order valence-corrected chi connectivity index (χ2v) is 2.24. The third kappa shape index (κ3) is 1.58. The van der Waals surface area contributed by atoms with Crippen LogP contribution in [0.2, 0.25) is 0 Å². The molecule has 0 aliphatic carbocycles. The fourth-order valence-corrected chi connectivity index (χ4v) is 0.789. The molecule has 0 fully saturated rings. The van der Waals surface area contributed by atoms with Crippen LogP contribution in [0, 0.1) is 11.3 Å². The molecule has 4 heteroatoms. The Hall–Kier alpha value is -1.31. The van der Waals surface area contributed by atoms with E-state index in [1.54, 1.807) is 12.3 Å². The Labute approximate surface area is 64.3 Å². The number of aromatic amines is 1. The molecule has 0 aliphatic rings. The topological polar surface area (TPSA) is 85.8 Å². The second-order valence-electron chi connectivity index (χ2n) is 2.24. The number of nitrogens with two attached hydrogens (primary N) is 1. The number of hydrogen-bond acceptors (Lipinski definition) is 3. The number of aliphatic hydroxyl groups is 1. The molecular weight excluding hydrogens is 142 g/mol. The van der Waals surface area contributed by atoms with Gasteiger partial charge in [-0.05, 0) is 6.07 Å². The molecule has 1 atom stereocenters. The summed E-state index contributed by atoms with van der Waals surface area (Å²) < 4.78 is 0. The van der Waals surface area contributed by atoms with E-state index in [9.17, 15) is 0 Å². The average molecular weight is 151 g/mol. The van der Waals surface area contributed by atoms with Gasteiger partial charge in [-0.15, -0.1) is 0 Å². The number of rotatable bonds is 2. The van der Waals surface area contributed by atoms with Crippen molar-refractivity contribution in [1.82, 2.24) is 4.98 Å². The number of nitrogens with zero attached hydrogens (tertiary/aromatic N) is 1. The molecule has 4 N–H and O–H groups in total. The maximum absolute atomic E-state index is 8.64. The van der Waals surface area contributed by atoms with Gasteiger partial charge in [-0.25, -0.2) is 0 Å². The number of H-pyrrole nitrogens is 1. The van der Waals surface area contributed by atoms with E-state index in [2.05, 4.69) is 4.98 Å². The van der Waals surface area contributed by atoms with Crippen LogP contribution in [0.1, 0.15) is 17.3 Å². The van der Waals surface area contributed by atoms with E-state index >= 15 is 0 Å². The highest BCUT2D eigenvalue weighted by Crippen LogP contribution is 2.08. The van der Waals surface area contributed by atoms with Crippen molar-refractivity contribution in [2.45, 2.75) is 6.04 Å². The van der Waals surface area contributed by atoms with E-state index in [1.165, 1.54) is 0 Å². The van der Waals surface area contributed by atoms with Crippen molar-refractivity contribution in [3.63, 3.8) is 0 Å².